The molecule has 1 aliphatic carbocycles. The number of aromatic nitrogens is 2. The van der Waals surface area contributed by atoms with Crippen LogP contribution < -0.4 is 16.4 Å². The second kappa shape index (κ2) is 13.6. The van der Waals surface area contributed by atoms with E-state index in [1.165, 1.54) is 18.2 Å². The lowest BCUT2D eigenvalue weighted by Gasteiger charge is -2.18. The third-order valence-electron chi connectivity index (χ3n) is 8.33. The summed E-state index contributed by atoms with van der Waals surface area (Å²) in [5.41, 5.74) is 11.0. The minimum atomic E-state index is -0.678. The highest BCUT2D eigenvalue weighted by molar-refractivity contribution is 14.1. The molecule has 12 heteroatoms. The summed E-state index contributed by atoms with van der Waals surface area (Å²) in [5, 5.41) is 5.97. The number of guanidine groups is 1. The molecule has 0 spiro atoms. The van der Waals surface area contributed by atoms with Crippen molar-refractivity contribution in [2.45, 2.75) is 36.3 Å². The maximum Gasteiger partial charge on any atom is 0.229 e. The van der Waals surface area contributed by atoms with E-state index in [4.69, 9.17) is 10.7 Å². The molecule has 236 valence electrons. The molecule has 1 aliphatic heterocycles. The van der Waals surface area contributed by atoms with Gasteiger partial charge < -0.3 is 16.0 Å². The lowest BCUT2D eigenvalue weighted by molar-refractivity contribution is -0.123. The van der Waals surface area contributed by atoms with Gasteiger partial charge in [0.15, 0.2) is 0 Å². The summed E-state index contributed by atoms with van der Waals surface area (Å²) in [4.78, 5) is 33.3. The topological polar surface area (TPSA) is 121 Å². The molecule has 3 aromatic carbocycles. The van der Waals surface area contributed by atoms with Crippen LogP contribution in [0.4, 0.5) is 26.1 Å². The number of aliphatic imine (C=N–C) groups is 2. The number of nitrogens with zero attached hydrogens (tertiary/aromatic N) is 5. The molecule has 2 atom stereocenters. The van der Waals surface area contributed by atoms with E-state index in [9.17, 15) is 13.6 Å². The van der Waals surface area contributed by atoms with Gasteiger partial charge in [0, 0.05) is 45.0 Å². The van der Waals surface area contributed by atoms with Crippen molar-refractivity contribution in [2.24, 2.45) is 21.6 Å². The van der Waals surface area contributed by atoms with E-state index in [-0.39, 0.29) is 35.6 Å². The van der Waals surface area contributed by atoms with Crippen molar-refractivity contribution in [3.8, 4) is 11.3 Å². The first-order valence-electron chi connectivity index (χ1n) is 14.9. The third-order valence-corrected chi connectivity index (χ3v) is 9.21. The van der Waals surface area contributed by atoms with Crippen molar-refractivity contribution in [1.82, 2.24) is 20.2 Å². The largest absolute Gasteiger partial charge is 0.369 e. The van der Waals surface area contributed by atoms with Crippen LogP contribution in [0.3, 0.4) is 0 Å². The van der Waals surface area contributed by atoms with E-state index < -0.39 is 11.6 Å². The minimum absolute atomic E-state index is 0.0290. The number of nitrogens with two attached hydrogens (primary N) is 1. The van der Waals surface area contributed by atoms with Gasteiger partial charge in [-0.15, -0.1) is 0 Å². The van der Waals surface area contributed by atoms with E-state index in [2.05, 4.69) is 53.1 Å². The molecular formula is C34H33F2IN8O. The molecule has 9 nitrogen and oxygen atoms in total. The molecule has 0 radical (unpaired) electrons. The van der Waals surface area contributed by atoms with Crippen molar-refractivity contribution in [2.75, 3.05) is 19.4 Å². The fraction of sp³-hybridized carbons (Fsp3) is 0.265. The van der Waals surface area contributed by atoms with Gasteiger partial charge in [-0.05, 0) is 75.3 Å². The number of halogens is 3. The van der Waals surface area contributed by atoms with Crippen LogP contribution in [0.5, 0.6) is 0 Å². The Morgan fingerprint density at radius 1 is 1.07 bits per heavy atom. The number of carbonyl (C=O) groups is 1. The molecular weight excluding hydrogens is 701 g/mol. The number of nitrogens with one attached hydrogen (secondary N) is 2. The number of amides is 1. The van der Waals surface area contributed by atoms with Crippen molar-refractivity contribution >= 4 is 57.5 Å². The smallest absolute Gasteiger partial charge is 0.229 e. The van der Waals surface area contributed by atoms with Gasteiger partial charge in [-0.25, -0.2) is 23.7 Å². The molecule has 4 N–H and O–H groups in total. The molecule has 1 amide bonds. The molecule has 4 aromatic rings. The lowest BCUT2D eigenvalue weighted by atomic mass is 9.93. The maximum absolute atomic E-state index is 15.0. The Morgan fingerprint density at radius 3 is 2.59 bits per heavy atom. The van der Waals surface area contributed by atoms with Gasteiger partial charge in [-0.2, -0.15) is 0 Å². The van der Waals surface area contributed by atoms with E-state index >= 15 is 0 Å². The van der Waals surface area contributed by atoms with Gasteiger partial charge in [0.2, 0.25) is 17.8 Å². The van der Waals surface area contributed by atoms with Gasteiger partial charge in [0.05, 0.1) is 29.2 Å². The van der Waals surface area contributed by atoms with Crippen LogP contribution >= 0.6 is 22.6 Å². The fourth-order valence-corrected chi connectivity index (χ4v) is 6.40. The van der Waals surface area contributed by atoms with Crippen LogP contribution in [-0.2, 0) is 15.8 Å². The van der Waals surface area contributed by atoms with E-state index in [0.717, 1.165) is 30.4 Å². The number of benzene rings is 3. The average Bonchev–Trinajstić information content (AvgIpc) is 3.49. The van der Waals surface area contributed by atoms with Crippen LogP contribution in [-0.4, -0.2) is 52.6 Å². The van der Waals surface area contributed by atoms with Crippen LogP contribution in [0, 0.1) is 17.6 Å². The molecule has 6 rings (SSSR count). The predicted octanol–water partition coefficient (Wildman–Crippen LogP) is 6.24. The monoisotopic (exact) mass is 734 g/mol. The number of alkyl halides is 1. The van der Waals surface area contributed by atoms with Crippen LogP contribution in [0.1, 0.15) is 41.5 Å². The number of anilines is 2. The zero-order valence-corrected chi connectivity index (χ0v) is 27.6. The third kappa shape index (κ3) is 6.77. The minimum Gasteiger partial charge on any atom is -0.369 e. The summed E-state index contributed by atoms with van der Waals surface area (Å²) >= 11 is 2.25. The van der Waals surface area contributed by atoms with Crippen LogP contribution in [0.25, 0.3) is 11.3 Å². The molecule has 1 aromatic heterocycles. The summed E-state index contributed by atoms with van der Waals surface area (Å²) in [7, 11) is 4.06. The summed E-state index contributed by atoms with van der Waals surface area (Å²) in [5.74, 6) is -1.21. The van der Waals surface area contributed by atoms with E-state index in [1.54, 1.807) is 18.3 Å². The van der Waals surface area contributed by atoms with Gasteiger partial charge in [-0.3, -0.25) is 15.1 Å². The zero-order chi connectivity index (χ0) is 32.4. The van der Waals surface area contributed by atoms with Gasteiger partial charge >= 0.3 is 0 Å². The van der Waals surface area contributed by atoms with Gasteiger partial charge in [0.25, 0.3) is 0 Å². The zero-order valence-electron chi connectivity index (χ0n) is 25.4. The highest BCUT2D eigenvalue weighted by Gasteiger charge is 2.31. The quantitative estimate of drug-likeness (QED) is 0.0895. The number of rotatable bonds is 7. The van der Waals surface area contributed by atoms with E-state index in [0.29, 0.717) is 44.6 Å². The standard InChI is InChI=1S/C34H33F2IN8O/c1-45(2)24-11-10-20(14-24)32(46)44-33(38)41-22-5-3-6-23(15-22)42-34-40-18-21-17-39-31(29-27(35)7-4-8-28(29)36)26-13-19(16-37)9-12-25(26)30(21)43-34/h3-9,12-13,15,18,20,24H,10-11,14,16-17H2,1-2H3,(H,40,42,43)(H3,38,41,44,46). The van der Waals surface area contributed by atoms with Crippen LogP contribution in [0.15, 0.2) is 76.8 Å². The summed E-state index contributed by atoms with van der Waals surface area (Å²) in [6, 6.07) is 17.2. The van der Waals surface area contributed by atoms with Gasteiger partial charge in [0.1, 0.15) is 11.6 Å². The number of hydrogen-bond donors (Lipinski definition) is 3. The molecule has 1 saturated carbocycles. The second-order valence-corrected chi connectivity index (χ2v) is 12.4. The summed E-state index contributed by atoms with van der Waals surface area (Å²) in [6.07, 6.45) is 4.26. The average molecular weight is 735 g/mol. The molecule has 46 heavy (non-hydrogen) atoms. The first kappa shape index (κ1) is 31.7. The van der Waals surface area contributed by atoms with E-state index in [1.807, 2.05) is 44.4 Å². The number of fused-ring (bicyclic) bond motifs is 3. The predicted molar refractivity (Wildman–Crippen MR) is 185 cm³/mol. The van der Waals surface area contributed by atoms with Crippen LogP contribution in [0.2, 0.25) is 0 Å². The normalized spacial score (nSPS) is 17.6. The Bertz CT molecular complexity index is 1840. The maximum atomic E-state index is 15.0. The Morgan fingerprint density at radius 2 is 1.85 bits per heavy atom. The summed E-state index contributed by atoms with van der Waals surface area (Å²) in [6.45, 7) is 0.152. The first-order chi connectivity index (χ1) is 22.2. The fourth-order valence-electron chi connectivity index (χ4n) is 5.92. The molecule has 2 unspecified atom stereocenters. The number of hydrogen-bond acceptors (Lipinski definition) is 7. The Hall–Kier alpha value is -4.30. The Labute approximate surface area is 279 Å². The molecule has 0 saturated heterocycles. The Kier molecular flexibility index (Phi) is 9.36. The second-order valence-electron chi connectivity index (χ2n) is 11.6. The lowest BCUT2D eigenvalue weighted by Crippen LogP contribution is -2.40. The van der Waals surface area contributed by atoms with Gasteiger partial charge in [-0.1, -0.05) is 46.9 Å². The highest BCUT2D eigenvalue weighted by Crippen LogP contribution is 2.35. The molecule has 2 heterocycles. The SMILES string of the molecule is CN(C)C1CCC(C(=O)NC(N)=Nc2cccc(Nc3ncc4c(n3)-c3ccc(CI)cc3C(c3c(F)cccc3F)=NC4)c2)C1. The molecule has 0 bridgehead atoms. The van der Waals surface area contributed by atoms with Crippen molar-refractivity contribution in [3.05, 3.63) is 101 Å². The molecule has 2 aliphatic rings. The summed E-state index contributed by atoms with van der Waals surface area (Å²) < 4.78 is 30.6. The van der Waals surface area contributed by atoms with Crippen molar-refractivity contribution in [3.63, 3.8) is 0 Å². The molecule has 1 fully saturated rings. The Balaban J connectivity index is 1.25. The number of carbonyl (C=O) groups excluding carboxylic acids is 1. The highest BCUT2D eigenvalue weighted by atomic mass is 127. The first-order valence-corrected chi connectivity index (χ1v) is 16.5. The van der Waals surface area contributed by atoms with Crippen molar-refractivity contribution < 1.29 is 13.6 Å². The van der Waals surface area contributed by atoms with Crippen molar-refractivity contribution in [1.29, 1.82) is 0 Å².